The maximum absolute atomic E-state index is 2.41. The molecule has 0 spiro atoms. The van der Waals surface area contributed by atoms with Crippen molar-refractivity contribution < 1.29 is 0 Å². The van der Waals surface area contributed by atoms with Gasteiger partial charge in [0.25, 0.3) is 0 Å². The lowest BCUT2D eigenvalue weighted by atomic mass is 9.98. The van der Waals surface area contributed by atoms with Crippen LogP contribution < -0.4 is 0 Å². The fraction of sp³-hybridized carbons (Fsp3) is 0.0345. The lowest BCUT2D eigenvalue weighted by Crippen LogP contribution is -1.93. The highest BCUT2D eigenvalue weighted by atomic mass is 15.0. The van der Waals surface area contributed by atoms with E-state index < -0.39 is 0 Å². The number of para-hydroxylation sites is 1. The SMILES string of the molecule is Cc1ccc(-n2c3ccccc3c3c4c(ccc32)-c2cccc3cccc-4c23)cc1. The second-order valence-corrected chi connectivity index (χ2v) is 8.28. The van der Waals surface area contributed by atoms with Crippen LogP contribution in [-0.4, -0.2) is 4.57 Å². The summed E-state index contributed by atoms with van der Waals surface area (Å²) < 4.78 is 2.41. The van der Waals surface area contributed by atoms with Gasteiger partial charge in [0.05, 0.1) is 11.0 Å². The quantitative estimate of drug-likeness (QED) is 0.272. The van der Waals surface area contributed by atoms with E-state index in [4.69, 9.17) is 0 Å². The topological polar surface area (TPSA) is 4.93 Å². The molecular weight excluding hydrogens is 362 g/mol. The zero-order valence-electron chi connectivity index (χ0n) is 16.7. The number of aryl methyl sites for hydroxylation is 1. The van der Waals surface area contributed by atoms with E-state index in [-0.39, 0.29) is 0 Å². The molecule has 0 atom stereocenters. The number of nitrogens with zero attached hydrogens (tertiary/aromatic N) is 1. The third kappa shape index (κ3) is 1.92. The predicted octanol–water partition coefficient (Wildman–Crippen LogP) is 7.89. The van der Waals surface area contributed by atoms with Crippen LogP contribution in [0.1, 0.15) is 5.56 Å². The van der Waals surface area contributed by atoms with E-state index in [1.807, 2.05) is 0 Å². The summed E-state index contributed by atoms with van der Waals surface area (Å²) in [6.07, 6.45) is 0. The van der Waals surface area contributed by atoms with Crippen molar-refractivity contribution in [3.05, 3.63) is 103 Å². The number of rotatable bonds is 1. The molecule has 0 N–H and O–H groups in total. The molecular formula is C29H19N. The van der Waals surface area contributed by atoms with Crippen LogP contribution in [0, 0.1) is 6.92 Å². The lowest BCUT2D eigenvalue weighted by molar-refractivity contribution is 1.17. The standard InChI is InChI=1S/C29H19N/c1-18-12-14-20(15-13-18)30-25-11-3-2-8-23(25)29-26(30)17-16-22-21-9-4-6-19-7-5-10-24(27(19)21)28(22)29/h2-17H,1H3. The Balaban J connectivity index is 1.70. The molecule has 0 aliphatic heterocycles. The number of aromatic nitrogens is 1. The Hall–Kier alpha value is -3.84. The number of benzene rings is 5. The van der Waals surface area contributed by atoms with Crippen LogP contribution in [0.2, 0.25) is 0 Å². The largest absolute Gasteiger partial charge is 0.309 e. The Morgan fingerprint density at radius 2 is 1.30 bits per heavy atom. The molecule has 1 nitrogen and oxygen atoms in total. The third-order valence-electron chi connectivity index (χ3n) is 6.59. The summed E-state index contributed by atoms with van der Waals surface area (Å²) in [5, 5.41) is 5.37. The van der Waals surface area contributed by atoms with Crippen LogP contribution >= 0.6 is 0 Å². The Morgan fingerprint density at radius 3 is 2.13 bits per heavy atom. The van der Waals surface area contributed by atoms with Crippen molar-refractivity contribution in [1.29, 1.82) is 0 Å². The van der Waals surface area contributed by atoms with Crippen molar-refractivity contribution in [2.75, 3.05) is 0 Å². The first-order chi connectivity index (χ1) is 14.8. The molecule has 1 heterocycles. The van der Waals surface area contributed by atoms with Crippen molar-refractivity contribution >= 4 is 32.6 Å². The second kappa shape index (κ2) is 5.61. The van der Waals surface area contributed by atoms with Gasteiger partial charge in [0, 0.05) is 22.0 Å². The molecule has 1 aromatic heterocycles. The van der Waals surface area contributed by atoms with Gasteiger partial charge in [-0.2, -0.15) is 0 Å². The summed E-state index contributed by atoms with van der Waals surface area (Å²) in [6.45, 7) is 2.14. The van der Waals surface area contributed by atoms with E-state index in [0.717, 1.165) is 0 Å². The molecule has 0 saturated carbocycles. The van der Waals surface area contributed by atoms with Gasteiger partial charge in [-0.1, -0.05) is 78.4 Å². The Labute approximate surface area is 174 Å². The van der Waals surface area contributed by atoms with Crippen LogP contribution in [0.25, 0.3) is 60.5 Å². The Bertz CT molecular complexity index is 1630. The fourth-order valence-electron chi connectivity index (χ4n) is 5.31. The van der Waals surface area contributed by atoms with Crippen molar-refractivity contribution in [2.45, 2.75) is 6.92 Å². The van der Waals surface area contributed by atoms with Gasteiger partial charge in [-0.25, -0.2) is 0 Å². The minimum absolute atomic E-state index is 1.21. The average molecular weight is 381 g/mol. The van der Waals surface area contributed by atoms with Crippen LogP contribution in [-0.2, 0) is 0 Å². The van der Waals surface area contributed by atoms with Crippen LogP contribution in [0.4, 0.5) is 0 Å². The molecule has 6 aromatic rings. The monoisotopic (exact) mass is 381 g/mol. The molecule has 0 unspecified atom stereocenters. The highest BCUT2D eigenvalue weighted by Crippen LogP contribution is 2.52. The van der Waals surface area contributed by atoms with Gasteiger partial charge < -0.3 is 4.57 Å². The molecule has 5 aromatic carbocycles. The Kier molecular flexibility index (Phi) is 2.99. The van der Waals surface area contributed by atoms with Crippen molar-refractivity contribution in [1.82, 2.24) is 4.57 Å². The molecule has 0 fully saturated rings. The third-order valence-corrected chi connectivity index (χ3v) is 6.59. The van der Waals surface area contributed by atoms with E-state index in [1.165, 1.54) is 66.1 Å². The molecule has 0 amide bonds. The van der Waals surface area contributed by atoms with Crippen molar-refractivity contribution in [3.63, 3.8) is 0 Å². The Morgan fingerprint density at radius 1 is 0.533 bits per heavy atom. The molecule has 30 heavy (non-hydrogen) atoms. The normalized spacial score (nSPS) is 12.2. The fourth-order valence-corrected chi connectivity index (χ4v) is 5.31. The average Bonchev–Trinajstić information content (AvgIpc) is 3.29. The summed E-state index contributed by atoms with van der Waals surface area (Å²) in [6, 6.07) is 35.6. The predicted molar refractivity (Wildman–Crippen MR) is 127 cm³/mol. The maximum atomic E-state index is 2.41. The van der Waals surface area contributed by atoms with E-state index >= 15 is 0 Å². The number of hydrogen-bond donors (Lipinski definition) is 0. The molecule has 7 rings (SSSR count). The van der Waals surface area contributed by atoms with Gasteiger partial charge in [0.15, 0.2) is 0 Å². The first kappa shape index (κ1) is 16.0. The zero-order chi connectivity index (χ0) is 19.8. The smallest absolute Gasteiger partial charge is 0.0547 e. The van der Waals surface area contributed by atoms with E-state index in [0.29, 0.717) is 0 Å². The summed E-state index contributed by atoms with van der Waals surface area (Å²) >= 11 is 0. The lowest BCUT2D eigenvalue weighted by Gasteiger charge is -2.09. The van der Waals surface area contributed by atoms with Gasteiger partial charge >= 0.3 is 0 Å². The van der Waals surface area contributed by atoms with E-state index in [1.54, 1.807) is 0 Å². The van der Waals surface area contributed by atoms with Crippen LogP contribution in [0.5, 0.6) is 0 Å². The second-order valence-electron chi connectivity index (χ2n) is 8.28. The molecule has 0 radical (unpaired) electrons. The zero-order valence-corrected chi connectivity index (χ0v) is 16.7. The summed E-state index contributed by atoms with van der Waals surface area (Å²) in [4.78, 5) is 0. The van der Waals surface area contributed by atoms with Gasteiger partial charge in [0.2, 0.25) is 0 Å². The first-order valence-corrected chi connectivity index (χ1v) is 10.5. The van der Waals surface area contributed by atoms with Gasteiger partial charge in [-0.05, 0) is 58.7 Å². The molecule has 0 bridgehead atoms. The van der Waals surface area contributed by atoms with E-state index in [2.05, 4.69) is 109 Å². The first-order valence-electron chi connectivity index (χ1n) is 10.5. The summed E-state index contributed by atoms with van der Waals surface area (Å²) in [5.41, 5.74) is 10.4. The van der Waals surface area contributed by atoms with Crippen LogP contribution in [0.15, 0.2) is 97.1 Å². The summed E-state index contributed by atoms with van der Waals surface area (Å²) in [5.74, 6) is 0. The minimum Gasteiger partial charge on any atom is -0.309 e. The minimum atomic E-state index is 1.21. The van der Waals surface area contributed by atoms with Crippen molar-refractivity contribution in [3.8, 4) is 27.9 Å². The van der Waals surface area contributed by atoms with Gasteiger partial charge in [0.1, 0.15) is 0 Å². The van der Waals surface area contributed by atoms with Crippen LogP contribution in [0.3, 0.4) is 0 Å². The number of hydrogen-bond acceptors (Lipinski definition) is 0. The maximum Gasteiger partial charge on any atom is 0.0547 e. The van der Waals surface area contributed by atoms with Crippen molar-refractivity contribution in [2.24, 2.45) is 0 Å². The molecule has 140 valence electrons. The molecule has 1 heteroatoms. The molecule has 0 saturated heterocycles. The summed E-state index contributed by atoms with van der Waals surface area (Å²) in [7, 11) is 0. The molecule has 1 aliphatic carbocycles. The van der Waals surface area contributed by atoms with E-state index in [9.17, 15) is 0 Å². The van der Waals surface area contributed by atoms with Gasteiger partial charge in [-0.3, -0.25) is 0 Å². The van der Waals surface area contributed by atoms with Gasteiger partial charge in [-0.15, -0.1) is 0 Å². The highest BCUT2D eigenvalue weighted by molar-refractivity contribution is 6.26. The molecule has 1 aliphatic rings. The number of fused-ring (bicyclic) bond motifs is 7. The highest BCUT2D eigenvalue weighted by Gasteiger charge is 2.26.